The van der Waals surface area contributed by atoms with Gasteiger partial charge < -0.3 is 4.57 Å². The highest BCUT2D eigenvalue weighted by Crippen LogP contribution is 2.32. The molecule has 0 aliphatic rings. The first-order valence-electron chi connectivity index (χ1n) is 12.4. The fraction of sp³-hybridized carbons (Fsp3) is 0.571. The van der Waals surface area contributed by atoms with Gasteiger partial charge in [0, 0.05) is 27.3 Å². The standard InChI is InChI=1S/C28H40BrN/c1-3-5-7-9-11-13-15-23-16-18-25-26-19-17-24(29)22-28(26)30(27(25)21-23)20-14-12-10-8-6-4-2/h16-19,21-22H,3-15,20H2,1-2H3. The van der Waals surface area contributed by atoms with Crippen LogP contribution in [0.5, 0.6) is 0 Å². The zero-order valence-electron chi connectivity index (χ0n) is 19.2. The summed E-state index contributed by atoms with van der Waals surface area (Å²) in [5.74, 6) is 0. The number of hydrogen-bond donors (Lipinski definition) is 0. The predicted octanol–water partition coefficient (Wildman–Crippen LogP) is 9.82. The fourth-order valence-corrected chi connectivity index (χ4v) is 5.02. The van der Waals surface area contributed by atoms with Gasteiger partial charge in [-0.05, 0) is 43.0 Å². The lowest BCUT2D eigenvalue weighted by Crippen LogP contribution is -1.98. The quantitative estimate of drug-likeness (QED) is 0.207. The zero-order chi connectivity index (χ0) is 21.2. The smallest absolute Gasteiger partial charge is 0.0502 e. The molecule has 0 amide bonds. The van der Waals surface area contributed by atoms with Crippen LogP contribution < -0.4 is 0 Å². The summed E-state index contributed by atoms with van der Waals surface area (Å²) in [6, 6.07) is 14.0. The molecule has 1 heterocycles. The largest absolute Gasteiger partial charge is 0.340 e. The Morgan fingerprint density at radius 2 is 1.20 bits per heavy atom. The van der Waals surface area contributed by atoms with E-state index >= 15 is 0 Å². The number of unbranched alkanes of at least 4 members (excludes halogenated alkanes) is 10. The molecule has 2 aromatic carbocycles. The molecule has 0 radical (unpaired) electrons. The lowest BCUT2D eigenvalue weighted by atomic mass is 10.0. The molecule has 2 heteroatoms. The van der Waals surface area contributed by atoms with Crippen molar-refractivity contribution in [2.45, 2.75) is 104 Å². The maximum Gasteiger partial charge on any atom is 0.0502 e. The van der Waals surface area contributed by atoms with Crippen molar-refractivity contribution in [1.29, 1.82) is 0 Å². The topological polar surface area (TPSA) is 4.93 Å². The van der Waals surface area contributed by atoms with Gasteiger partial charge in [-0.2, -0.15) is 0 Å². The SMILES string of the molecule is CCCCCCCCc1ccc2c3ccc(Br)cc3n(CCCCCCCC)c2c1. The highest BCUT2D eigenvalue weighted by Gasteiger charge is 2.11. The second kappa shape index (κ2) is 12.5. The number of nitrogens with zero attached hydrogens (tertiary/aromatic N) is 1. The molecule has 0 spiro atoms. The molecule has 30 heavy (non-hydrogen) atoms. The Kier molecular flexibility index (Phi) is 9.78. The molecule has 0 unspecified atom stereocenters. The van der Waals surface area contributed by atoms with Crippen molar-refractivity contribution in [1.82, 2.24) is 4.57 Å². The molecule has 3 rings (SSSR count). The molecule has 0 N–H and O–H groups in total. The Hall–Kier alpha value is -1.28. The Bertz CT molecular complexity index is 908. The summed E-state index contributed by atoms with van der Waals surface area (Å²) in [5, 5.41) is 2.81. The average Bonchev–Trinajstić information content (AvgIpc) is 3.05. The van der Waals surface area contributed by atoms with E-state index in [4.69, 9.17) is 0 Å². The lowest BCUT2D eigenvalue weighted by molar-refractivity contribution is 0.571. The molecule has 0 atom stereocenters. The van der Waals surface area contributed by atoms with E-state index < -0.39 is 0 Å². The Morgan fingerprint density at radius 1 is 0.633 bits per heavy atom. The van der Waals surface area contributed by atoms with E-state index in [0.29, 0.717) is 0 Å². The summed E-state index contributed by atoms with van der Waals surface area (Å²) in [6.45, 7) is 5.71. The predicted molar refractivity (Wildman–Crippen MR) is 138 cm³/mol. The zero-order valence-corrected chi connectivity index (χ0v) is 20.8. The molecule has 1 nitrogen and oxygen atoms in total. The van der Waals surface area contributed by atoms with Gasteiger partial charge in [-0.15, -0.1) is 0 Å². The van der Waals surface area contributed by atoms with E-state index in [1.807, 2.05) is 0 Å². The number of aromatic nitrogens is 1. The van der Waals surface area contributed by atoms with Gasteiger partial charge >= 0.3 is 0 Å². The molecule has 0 bridgehead atoms. The van der Waals surface area contributed by atoms with Gasteiger partial charge in [0.05, 0.1) is 5.52 Å². The molecule has 0 aliphatic heterocycles. The summed E-state index contributed by atoms with van der Waals surface area (Å²) < 4.78 is 3.76. The molecular weight excluding hydrogens is 430 g/mol. The molecule has 164 valence electrons. The Morgan fingerprint density at radius 3 is 1.90 bits per heavy atom. The molecular formula is C28H40BrN. The second-order valence-electron chi connectivity index (χ2n) is 8.95. The van der Waals surface area contributed by atoms with Crippen molar-refractivity contribution in [2.75, 3.05) is 0 Å². The molecule has 1 aromatic heterocycles. The molecule has 0 aliphatic carbocycles. The third-order valence-electron chi connectivity index (χ3n) is 6.45. The number of fused-ring (bicyclic) bond motifs is 3. The van der Waals surface area contributed by atoms with Crippen molar-refractivity contribution in [3.8, 4) is 0 Å². The van der Waals surface area contributed by atoms with Crippen LogP contribution in [0.3, 0.4) is 0 Å². The monoisotopic (exact) mass is 469 g/mol. The van der Waals surface area contributed by atoms with Gasteiger partial charge in [0.15, 0.2) is 0 Å². The van der Waals surface area contributed by atoms with Gasteiger partial charge in [0.1, 0.15) is 0 Å². The summed E-state index contributed by atoms with van der Waals surface area (Å²) in [5.41, 5.74) is 4.31. The molecule has 0 saturated carbocycles. The Labute approximate surface area is 192 Å². The summed E-state index contributed by atoms with van der Waals surface area (Å²) in [7, 11) is 0. The van der Waals surface area contributed by atoms with E-state index in [-0.39, 0.29) is 0 Å². The summed E-state index contributed by atoms with van der Waals surface area (Å²) >= 11 is 3.70. The minimum atomic E-state index is 1.13. The maximum absolute atomic E-state index is 3.70. The van der Waals surface area contributed by atoms with Crippen molar-refractivity contribution in [3.05, 3.63) is 46.4 Å². The number of hydrogen-bond acceptors (Lipinski definition) is 0. The number of aryl methyl sites for hydroxylation is 2. The first kappa shape index (κ1) is 23.4. The van der Waals surface area contributed by atoms with Crippen LogP contribution in [0.15, 0.2) is 40.9 Å². The van der Waals surface area contributed by atoms with E-state index in [2.05, 4.69) is 70.7 Å². The highest BCUT2D eigenvalue weighted by molar-refractivity contribution is 9.10. The lowest BCUT2D eigenvalue weighted by Gasteiger charge is -2.09. The normalized spacial score (nSPS) is 11.7. The van der Waals surface area contributed by atoms with Crippen LogP contribution >= 0.6 is 15.9 Å². The van der Waals surface area contributed by atoms with E-state index in [0.717, 1.165) is 6.54 Å². The van der Waals surface area contributed by atoms with Crippen LogP contribution in [0, 0.1) is 0 Å². The van der Waals surface area contributed by atoms with Crippen LogP contribution in [0.25, 0.3) is 21.8 Å². The summed E-state index contributed by atoms with van der Waals surface area (Å²) in [4.78, 5) is 0. The molecule has 3 aromatic rings. The Balaban J connectivity index is 1.73. The van der Waals surface area contributed by atoms with Gasteiger partial charge in [0.2, 0.25) is 0 Å². The van der Waals surface area contributed by atoms with Gasteiger partial charge in [-0.25, -0.2) is 0 Å². The third-order valence-corrected chi connectivity index (χ3v) is 6.94. The van der Waals surface area contributed by atoms with Crippen LogP contribution in [0.2, 0.25) is 0 Å². The van der Waals surface area contributed by atoms with Crippen molar-refractivity contribution < 1.29 is 0 Å². The second-order valence-corrected chi connectivity index (χ2v) is 9.87. The van der Waals surface area contributed by atoms with Gasteiger partial charge in [0.25, 0.3) is 0 Å². The van der Waals surface area contributed by atoms with Crippen LogP contribution in [-0.4, -0.2) is 4.57 Å². The highest BCUT2D eigenvalue weighted by atomic mass is 79.9. The minimum Gasteiger partial charge on any atom is -0.340 e. The number of benzene rings is 2. The molecule has 0 saturated heterocycles. The van der Waals surface area contributed by atoms with Crippen LogP contribution in [0.1, 0.15) is 96.5 Å². The molecule has 0 fully saturated rings. The van der Waals surface area contributed by atoms with Crippen LogP contribution in [0.4, 0.5) is 0 Å². The van der Waals surface area contributed by atoms with Crippen LogP contribution in [-0.2, 0) is 13.0 Å². The van der Waals surface area contributed by atoms with Gasteiger partial charge in [-0.1, -0.05) is 112 Å². The first-order chi connectivity index (χ1) is 14.7. The third kappa shape index (κ3) is 6.36. The summed E-state index contributed by atoms with van der Waals surface area (Å²) in [6.07, 6.45) is 17.5. The van der Waals surface area contributed by atoms with Gasteiger partial charge in [-0.3, -0.25) is 0 Å². The minimum absolute atomic E-state index is 1.13. The van der Waals surface area contributed by atoms with Crippen molar-refractivity contribution >= 4 is 37.7 Å². The van der Waals surface area contributed by atoms with Crippen molar-refractivity contribution in [3.63, 3.8) is 0 Å². The number of halogens is 1. The first-order valence-corrected chi connectivity index (χ1v) is 13.2. The van der Waals surface area contributed by atoms with E-state index in [1.165, 1.54) is 115 Å². The maximum atomic E-state index is 3.70. The average molecular weight is 471 g/mol. The number of rotatable bonds is 14. The van der Waals surface area contributed by atoms with E-state index in [1.54, 1.807) is 0 Å². The fourth-order valence-electron chi connectivity index (χ4n) is 4.67. The van der Waals surface area contributed by atoms with E-state index in [9.17, 15) is 0 Å². The van der Waals surface area contributed by atoms with Crippen molar-refractivity contribution in [2.24, 2.45) is 0 Å².